The van der Waals surface area contributed by atoms with Crippen molar-refractivity contribution in [3.05, 3.63) is 63.1 Å². The highest BCUT2D eigenvalue weighted by Crippen LogP contribution is 2.37. The molecule has 1 N–H and O–H groups in total. The Kier molecular flexibility index (Phi) is 5.93. The van der Waals surface area contributed by atoms with Gasteiger partial charge in [-0.25, -0.2) is 0 Å². The number of benzene rings is 2. The van der Waals surface area contributed by atoms with Gasteiger partial charge in [-0.05, 0) is 60.2 Å². The van der Waals surface area contributed by atoms with Gasteiger partial charge in [-0.1, -0.05) is 49.2 Å². The Bertz CT molecular complexity index is 745. The minimum Gasteiger partial charge on any atom is -0.497 e. The lowest BCUT2D eigenvalue weighted by Crippen LogP contribution is -2.42. The van der Waals surface area contributed by atoms with E-state index >= 15 is 0 Å². The van der Waals surface area contributed by atoms with Gasteiger partial charge >= 0.3 is 0 Å². The second-order valence-corrected chi connectivity index (χ2v) is 7.90. The van der Waals surface area contributed by atoms with Gasteiger partial charge < -0.3 is 10.1 Å². The van der Waals surface area contributed by atoms with Gasteiger partial charge in [0.2, 0.25) is 0 Å². The number of hydrogen-bond acceptors (Lipinski definition) is 2. The number of rotatable bonds is 5. The van der Waals surface area contributed by atoms with E-state index in [1.54, 1.807) is 7.11 Å². The molecule has 25 heavy (non-hydrogen) atoms. The van der Waals surface area contributed by atoms with E-state index in [-0.39, 0.29) is 0 Å². The first-order valence-electron chi connectivity index (χ1n) is 8.84. The van der Waals surface area contributed by atoms with E-state index in [1.807, 2.05) is 12.1 Å². The van der Waals surface area contributed by atoms with Crippen LogP contribution in [0.15, 0.2) is 36.4 Å². The molecule has 0 amide bonds. The van der Waals surface area contributed by atoms with Gasteiger partial charge in [0.05, 0.1) is 17.2 Å². The van der Waals surface area contributed by atoms with Crippen LogP contribution in [0.5, 0.6) is 5.75 Å². The monoisotopic (exact) mass is 377 g/mol. The summed E-state index contributed by atoms with van der Waals surface area (Å²) in [4.78, 5) is 0. The summed E-state index contributed by atoms with van der Waals surface area (Å²) in [6.45, 7) is 4.41. The molecule has 0 radical (unpaired) electrons. The maximum atomic E-state index is 6.23. The summed E-state index contributed by atoms with van der Waals surface area (Å²) in [7, 11) is 1.72. The molecule has 134 valence electrons. The number of fused-ring (bicyclic) bond motifs is 1. The van der Waals surface area contributed by atoms with Crippen molar-refractivity contribution in [2.45, 2.75) is 51.1 Å². The Balaban J connectivity index is 1.96. The third-order valence-corrected chi connectivity index (χ3v) is 5.69. The molecule has 2 unspecified atom stereocenters. The van der Waals surface area contributed by atoms with Crippen molar-refractivity contribution in [3.63, 3.8) is 0 Å². The molecule has 1 aliphatic rings. The van der Waals surface area contributed by atoms with Crippen molar-refractivity contribution in [1.82, 2.24) is 5.32 Å². The van der Waals surface area contributed by atoms with Crippen LogP contribution in [0.1, 0.15) is 42.9 Å². The topological polar surface area (TPSA) is 21.3 Å². The van der Waals surface area contributed by atoms with Crippen molar-refractivity contribution < 1.29 is 4.74 Å². The van der Waals surface area contributed by atoms with E-state index in [1.165, 1.54) is 16.7 Å². The van der Waals surface area contributed by atoms with E-state index in [0.717, 1.165) is 25.0 Å². The Labute approximate surface area is 160 Å². The van der Waals surface area contributed by atoms with Crippen LogP contribution < -0.4 is 10.1 Å². The van der Waals surface area contributed by atoms with Crippen LogP contribution in [0.25, 0.3) is 0 Å². The second kappa shape index (κ2) is 7.99. The Morgan fingerprint density at radius 3 is 2.60 bits per heavy atom. The zero-order valence-corrected chi connectivity index (χ0v) is 16.5. The summed E-state index contributed by atoms with van der Waals surface area (Å²) in [5.41, 5.74) is 4.02. The summed E-state index contributed by atoms with van der Waals surface area (Å²) in [5.74, 6) is 1.31. The fourth-order valence-corrected chi connectivity index (χ4v) is 4.12. The molecular formula is C21H25Cl2NO. The van der Waals surface area contributed by atoms with Gasteiger partial charge in [0.15, 0.2) is 0 Å². The zero-order chi connectivity index (χ0) is 18.0. The highest BCUT2D eigenvalue weighted by atomic mass is 35.5. The molecule has 0 bridgehead atoms. The molecule has 1 aliphatic carbocycles. The quantitative estimate of drug-likeness (QED) is 0.727. The molecule has 0 aromatic heterocycles. The maximum Gasteiger partial charge on any atom is 0.119 e. The molecule has 2 aromatic carbocycles. The highest BCUT2D eigenvalue weighted by Gasteiger charge is 2.30. The molecule has 0 heterocycles. The lowest BCUT2D eigenvalue weighted by molar-refractivity contribution is 0.356. The van der Waals surface area contributed by atoms with Crippen LogP contribution >= 0.6 is 23.2 Å². The Morgan fingerprint density at radius 2 is 1.92 bits per heavy atom. The van der Waals surface area contributed by atoms with Gasteiger partial charge in [-0.2, -0.15) is 0 Å². The maximum absolute atomic E-state index is 6.23. The number of halogens is 2. The molecule has 0 saturated heterocycles. The predicted molar refractivity (Wildman–Crippen MR) is 106 cm³/mol. The Morgan fingerprint density at radius 1 is 1.12 bits per heavy atom. The fourth-order valence-electron chi connectivity index (χ4n) is 3.80. The normalized spacial score (nSPS) is 19.8. The van der Waals surface area contributed by atoms with Crippen molar-refractivity contribution >= 4 is 23.2 Å². The van der Waals surface area contributed by atoms with Crippen molar-refractivity contribution in [2.75, 3.05) is 7.11 Å². The summed E-state index contributed by atoms with van der Waals surface area (Å²) in [5, 5.41) is 4.98. The first kappa shape index (κ1) is 18.6. The van der Waals surface area contributed by atoms with Crippen molar-refractivity contribution in [2.24, 2.45) is 0 Å². The van der Waals surface area contributed by atoms with Crippen LogP contribution in [-0.2, 0) is 12.8 Å². The van der Waals surface area contributed by atoms with Crippen LogP contribution in [0.2, 0.25) is 10.0 Å². The number of hydrogen-bond donors (Lipinski definition) is 1. The van der Waals surface area contributed by atoms with E-state index < -0.39 is 0 Å². The van der Waals surface area contributed by atoms with E-state index in [9.17, 15) is 0 Å². The van der Waals surface area contributed by atoms with Gasteiger partial charge in [0.1, 0.15) is 5.75 Å². The van der Waals surface area contributed by atoms with E-state index in [4.69, 9.17) is 27.9 Å². The molecule has 3 rings (SSSR count). The molecule has 2 nitrogen and oxygen atoms in total. The van der Waals surface area contributed by atoms with Gasteiger partial charge in [0.25, 0.3) is 0 Å². The highest BCUT2D eigenvalue weighted by molar-refractivity contribution is 6.42. The number of methoxy groups -OCH3 is 1. The first-order chi connectivity index (χ1) is 12.0. The van der Waals surface area contributed by atoms with Crippen LogP contribution in [0.3, 0.4) is 0 Å². The minimum absolute atomic E-state index is 0.387. The molecular weight excluding hydrogens is 353 g/mol. The predicted octanol–water partition coefficient (Wildman–Crippen LogP) is 5.64. The first-order valence-corrected chi connectivity index (χ1v) is 9.60. The molecule has 0 aliphatic heterocycles. The van der Waals surface area contributed by atoms with E-state index in [0.29, 0.717) is 28.0 Å². The summed E-state index contributed by atoms with van der Waals surface area (Å²) < 4.78 is 5.47. The fraction of sp³-hybridized carbons (Fsp3) is 0.429. The van der Waals surface area contributed by atoms with Crippen molar-refractivity contribution in [3.8, 4) is 5.75 Å². The molecule has 0 fully saturated rings. The SMILES string of the molecule is COc1ccc2c(c1)C(Cc1ccc(Cl)c(Cl)c1)C(NC(C)C)CC2. The third kappa shape index (κ3) is 4.31. The lowest BCUT2D eigenvalue weighted by Gasteiger charge is -2.36. The average molecular weight is 378 g/mol. The van der Waals surface area contributed by atoms with Gasteiger partial charge in [0, 0.05) is 18.0 Å². The Hall–Kier alpha value is -1.22. The number of nitrogens with one attached hydrogen (secondary N) is 1. The summed E-state index contributed by atoms with van der Waals surface area (Å²) >= 11 is 12.3. The van der Waals surface area contributed by atoms with Gasteiger partial charge in [-0.3, -0.25) is 0 Å². The molecule has 0 saturated carbocycles. The zero-order valence-electron chi connectivity index (χ0n) is 15.0. The van der Waals surface area contributed by atoms with Crippen LogP contribution in [-0.4, -0.2) is 19.2 Å². The minimum atomic E-state index is 0.387. The summed E-state index contributed by atoms with van der Waals surface area (Å²) in [6, 6.07) is 13.3. The largest absolute Gasteiger partial charge is 0.497 e. The molecule has 4 heteroatoms. The lowest BCUT2D eigenvalue weighted by atomic mass is 9.76. The molecule has 0 spiro atoms. The number of aryl methyl sites for hydroxylation is 1. The molecule has 2 aromatic rings. The number of ether oxygens (including phenoxy) is 1. The van der Waals surface area contributed by atoms with Crippen LogP contribution in [0.4, 0.5) is 0 Å². The van der Waals surface area contributed by atoms with Crippen molar-refractivity contribution in [1.29, 1.82) is 0 Å². The van der Waals surface area contributed by atoms with E-state index in [2.05, 4.69) is 43.4 Å². The third-order valence-electron chi connectivity index (χ3n) is 4.95. The molecule has 2 atom stereocenters. The second-order valence-electron chi connectivity index (χ2n) is 7.09. The van der Waals surface area contributed by atoms with Crippen LogP contribution in [0, 0.1) is 0 Å². The van der Waals surface area contributed by atoms with Gasteiger partial charge in [-0.15, -0.1) is 0 Å². The standard InChI is InChI=1S/C21H25Cl2NO/c1-13(2)24-21-9-6-15-5-7-16(25-3)12-17(15)18(21)10-14-4-8-19(22)20(23)11-14/h4-5,7-8,11-13,18,21,24H,6,9-10H2,1-3H3. The smallest absolute Gasteiger partial charge is 0.119 e. The average Bonchev–Trinajstić information content (AvgIpc) is 2.59. The summed E-state index contributed by atoms with van der Waals surface area (Å²) in [6.07, 6.45) is 3.17.